The molecule has 1 aliphatic heterocycles. The van der Waals surface area contributed by atoms with Gasteiger partial charge in [-0.05, 0) is 37.1 Å². The van der Waals surface area contributed by atoms with E-state index in [9.17, 15) is 18.0 Å². The molecule has 2 aromatic rings. The Kier molecular flexibility index (Phi) is 3.68. The van der Waals surface area contributed by atoms with Gasteiger partial charge in [0.15, 0.2) is 5.76 Å². The van der Waals surface area contributed by atoms with Crippen LogP contribution >= 0.6 is 0 Å². The maximum atomic E-state index is 12.7. The van der Waals surface area contributed by atoms with Gasteiger partial charge in [0.25, 0.3) is 5.91 Å². The molecular weight excluding hydrogens is 295 g/mol. The van der Waals surface area contributed by atoms with Gasteiger partial charge in [0.2, 0.25) is 0 Å². The van der Waals surface area contributed by atoms with E-state index in [1.165, 1.54) is 24.3 Å². The number of carbonyl (C=O) groups excluding carboxylic acids is 1. The largest absolute Gasteiger partial charge is 0.451 e. The lowest BCUT2D eigenvalue weighted by Gasteiger charge is -2.12. The van der Waals surface area contributed by atoms with Gasteiger partial charge in [-0.25, -0.2) is 0 Å². The summed E-state index contributed by atoms with van der Waals surface area (Å²) in [6, 6.07) is 7.90. The number of rotatable bonds is 2. The summed E-state index contributed by atoms with van der Waals surface area (Å²) in [5.41, 5.74) is -0.441. The Morgan fingerprint density at radius 3 is 2.50 bits per heavy atom. The minimum Gasteiger partial charge on any atom is -0.451 e. The van der Waals surface area contributed by atoms with E-state index < -0.39 is 11.7 Å². The Hall–Kier alpha value is -2.24. The number of furan rings is 1. The predicted octanol–water partition coefficient (Wildman–Crippen LogP) is 4.20. The molecular formula is C16H14F3NO2. The van der Waals surface area contributed by atoms with Crippen molar-refractivity contribution in [1.29, 1.82) is 0 Å². The molecule has 1 fully saturated rings. The Morgan fingerprint density at radius 1 is 1.09 bits per heavy atom. The molecule has 0 radical (unpaired) electrons. The highest BCUT2D eigenvalue weighted by molar-refractivity contribution is 5.92. The number of halogens is 3. The summed E-state index contributed by atoms with van der Waals surface area (Å²) < 4.78 is 43.6. The monoisotopic (exact) mass is 309 g/mol. The summed E-state index contributed by atoms with van der Waals surface area (Å²) >= 11 is 0. The number of benzene rings is 1. The molecule has 1 aromatic carbocycles. The van der Waals surface area contributed by atoms with Crippen LogP contribution in [0.3, 0.4) is 0 Å². The molecule has 0 spiro atoms. The smallest absolute Gasteiger partial charge is 0.416 e. The molecule has 1 aliphatic rings. The molecule has 1 aromatic heterocycles. The first-order valence-electron chi connectivity index (χ1n) is 7.02. The van der Waals surface area contributed by atoms with Crippen LogP contribution < -0.4 is 0 Å². The Bertz CT molecular complexity index is 685. The lowest BCUT2D eigenvalue weighted by Crippen LogP contribution is -2.27. The van der Waals surface area contributed by atoms with Crippen LogP contribution in [0, 0.1) is 0 Å². The molecule has 6 heteroatoms. The fourth-order valence-corrected chi connectivity index (χ4v) is 2.53. The second kappa shape index (κ2) is 5.51. The standard InChI is InChI=1S/C16H14F3NO2/c17-16(18,19)12-5-3-4-11(10-12)13-6-7-14(22-13)15(21)20-8-1-2-9-20/h3-7,10H,1-2,8-9H2. The average Bonchev–Trinajstić information content (AvgIpc) is 3.17. The molecule has 0 unspecified atom stereocenters. The van der Waals surface area contributed by atoms with Crippen LogP contribution in [0.2, 0.25) is 0 Å². The van der Waals surface area contributed by atoms with E-state index in [1.807, 2.05) is 0 Å². The van der Waals surface area contributed by atoms with E-state index in [-0.39, 0.29) is 17.4 Å². The van der Waals surface area contributed by atoms with Crippen LogP contribution in [0.5, 0.6) is 0 Å². The van der Waals surface area contributed by atoms with Gasteiger partial charge in [-0.2, -0.15) is 13.2 Å². The highest BCUT2D eigenvalue weighted by atomic mass is 19.4. The van der Waals surface area contributed by atoms with Crippen molar-refractivity contribution in [3.8, 4) is 11.3 Å². The molecule has 2 heterocycles. The first-order valence-corrected chi connectivity index (χ1v) is 7.02. The molecule has 22 heavy (non-hydrogen) atoms. The number of nitrogens with zero attached hydrogens (tertiary/aromatic N) is 1. The van der Waals surface area contributed by atoms with E-state index in [0.29, 0.717) is 18.7 Å². The van der Waals surface area contributed by atoms with Gasteiger partial charge < -0.3 is 9.32 Å². The zero-order valence-electron chi connectivity index (χ0n) is 11.7. The summed E-state index contributed by atoms with van der Waals surface area (Å²) in [6.07, 6.45) is -2.48. The third-order valence-corrected chi connectivity index (χ3v) is 3.68. The molecule has 0 N–H and O–H groups in total. The minimum atomic E-state index is -4.41. The summed E-state index contributed by atoms with van der Waals surface area (Å²) in [4.78, 5) is 13.9. The molecule has 1 amide bonds. The normalized spacial score (nSPS) is 15.3. The van der Waals surface area contributed by atoms with Crippen LogP contribution in [-0.2, 0) is 6.18 Å². The first-order chi connectivity index (χ1) is 10.4. The van der Waals surface area contributed by atoms with E-state index in [1.54, 1.807) is 4.90 Å². The molecule has 0 atom stereocenters. The molecule has 1 saturated heterocycles. The Balaban J connectivity index is 1.86. The van der Waals surface area contributed by atoms with Crippen LogP contribution in [0.1, 0.15) is 29.0 Å². The number of alkyl halides is 3. The van der Waals surface area contributed by atoms with E-state index in [4.69, 9.17) is 4.42 Å². The second-order valence-electron chi connectivity index (χ2n) is 5.24. The van der Waals surface area contributed by atoms with Crippen molar-refractivity contribution in [2.45, 2.75) is 19.0 Å². The maximum Gasteiger partial charge on any atom is 0.416 e. The van der Waals surface area contributed by atoms with Crippen molar-refractivity contribution in [3.63, 3.8) is 0 Å². The third kappa shape index (κ3) is 2.86. The highest BCUT2D eigenvalue weighted by Gasteiger charge is 2.30. The Morgan fingerprint density at radius 2 is 1.82 bits per heavy atom. The molecule has 116 valence electrons. The summed E-state index contributed by atoms with van der Waals surface area (Å²) in [7, 11) is 0. The van der Waals surface area contributed by atoms with E-state index >= 15 is 0 Å². The van der Waals surface area contributed by atoms with Crippen molar-refractivity contribution in [1.82, 2.24) is 4.90 Å². The van der Waals surface area contributed by atoms with Gasteiger partial charge in [0.1, 0.15) is 5.76 Å². The third-order valence-electron chi connectivity index (χ3n) is 3.68. The summed E-state index contributed by atoms with van der Waals surface area (Å²) in [5, 5.41) is 0. The quantitative estimate of drug-likeness (QED) is 0.833. The van der Waals surface area contributed by atoms with Gasteiger partial charge in [-0.3, -0.25) is 4.79 Å². The van der Waals surface area contributed by atoms with Gasteiger partial charge >= 0.3 is 6.18 Å². The topological polar surface area (TPSA) is 33.5 Å². The fourth-order valence-electron chi connectivity index (χ4n) is 2.53. The average molecular weight is 309 g/mol. The zero-order valence-corrected chi connectivity index (χ0v) is 11.7. The van der Waals surface area contributed by atoms with E-state index in [2.05, 4.69) is 0 Å². The van der Waals surface area contributed by atoms with Crippen LogP contribution in [0.4, 0.5) is 13.2 Å². The van der Waals surface area contributed by atoms with Crippen LogP contribution in [0.25, 0.3) is 11.3 Å². The number of amides is 1. The van der Waals surface area contributed by atoms with Crippen molar-refractivity contribution in [2.75, 3.05) is 13.1 Å². The summed E-state index contributed by atoms with van der Waals surface area (Å²) in [5.74, 6) is 0.207. The lowest BCUT2D eigenvalue weighted by atomic mass is 10.1. The number of likely N-dealkylation sites (tertiary alicyclic amines) is 1. The summed E-state index contributed by atoms with van der Waals surface area (Å²) in [6.45, 7) is 1.39. The van der Waals surface area contributed by atoms with Crippen molar-refractivity contribution in [3.05, 3.63) is 47.7 Å². The molecule has 0 bridgehead atoms. The van der Waals surface area contributed by atoms with E-state index in [0.717, 1.165) is 25.0 Å². The SMILES string of the molecule is O=C(c1ccc(-c2cccc(C(F)(F)F)c2)o1)N1CCCC1. The van der Waals surface area contributed by atoms with Gasteiger partial charge in [-0.1, -0.05) is 12.1 Å². The molecule has 3 nitrogen and oxygen atoms in total. The highest BCUT2D eigenvalue weighted by Crippen LogP contribution is 2.32. The van der Waals surface area contributed by atoms with Gasteiger partial charge in [-0.15, -0.1) is 0 Å². The van der Waals surface area contributed by atoms with Crippen molar-refractivity contribution < 1.29 is 22.4 Å². The lowest BCUT2D eigenvalue weighted by molar-refractivity contribution is -0.137. The molecule has 3 rings (SSSR count). The maximum absolute atomic E-state index is 12.7. The second-order valence-corrected chi connectivity index (χ2v) is 5.24. The number of hydrogen-bond donors (Lipinski definition) is 0. The molecule has 0 aliphatic carbocycles. The first kappa shape index (κ1) is 14.7. The molecule has 0 saturated carbocycles. The van der Waals surface area contributed by atoms with Crippen molar-refractivity contribution >= 4 is 5.91 Å². The van der Waals surface area contributed by atoms with Crippen LogP contribution in [0.15, 0.2) is 40.8 Å². The fraction of sp³-hybridized carbons (Fsp3) is 0.312. The minimum absolute atomic E-state index is 0.161. The Labute approximate surface area is 125 Å². The zero-order chi connectivity index (χ0) is 15.7. The van der Waals surface area contributed by atoms with Crippen LogP contribution in [-0.4, -0.2) is 23.9 Å². The number of carbonyl (C=O) groups is 1. The van der Waals surface area contributed by atoms with Gasteiger partial charge in [0, 0.05) is 18.7 Å². The van der Waals surface area contributed by atoms with Crippen molar-refractivity contribution in [2.24, 2.45) is 0 Å². The number of hydrogen-bond acceptors (Lipinski definition) is 2. The van der Waals surface area contributed by atoms with Gasteiger partial charge in [0.05, 0.1) is 5.56 Å². The predicted molar refractivity (Wildman–Crippen MR) is 74.3 cm³/mol.